The molecule has 0 amide bonds. The van der Waals surface area contributed by atoms with E-state index in [1.807, 2.05) is 0 Å². The van der Waals surface area contributed by atoms with E-state index in [1.54, 1.807) is 0 Å². The van der Waals surface area contributed by atoms with Crippen molar-refractivity contribution in [3.05, 3.63) is 0 Å². The van der Waals surface area contributed by atoms with E-state index in [4.69, 9.17) is 9.29 Å². The van der Waals surface area contributed by atoms with Crippen LogP contribution in [0.1, 0.15) is 64.2 Å². The average Bonchev–Trinajstić information content (AvgIpc) is 2.30. The van der Waals surface area contributed by atoms with Crippen LogP contribution >= 0.6 is 9.29 Å². The van der Waals surface area contributed by atoms with Gasteiger partial charge in [0.05, 0.1) is 0 Å². The molecule has 0 radical (unpaired) electrons. The molecule has 2 fully saturated rings. The standard InChI is InChI=1S/2C6H11.S.Sn/c2*1-2-4-6-5-3-1;;/h2*1H,2-6H2;;. The summed E-state index contributed by atoms with van der Waals surface area (Å²) in [6, 6.07) is 0. The molecule has 0 bridgehead atoms. The summed E-state index contributed by atoms with van der Waals surface area (Å²) < 4.78 is 2.20. The quantitative estimate of drug-likeness (QED) is 0.657. The first-order valence-corrected chi connectivity index (χ1v) is 13.6. The summed E-state index contributed by atoms with van der Waals surface area (Å²) in [7, 11) is 5.97. The number of hydrogen-bond acceptors (Lipinski definition) is 1. The topological polar surface area (TPSA) is 0 Å². The van der Waals surface area contributed by atoms with E-state index in [0.29, 0.717) is 0 Å². The van der Waals surface area contributed by atoms with Crippen molar-refractivity contribution in [1.29, 1.82) is 0 Å². The van der Waals surface area contributed by atoms with Gasteiger partial charge in [-0.3, -0.25) is 0 Å². The Morgan fingerprint density at radius 1 is 0.643 bits per heavy atom. The van der Waals surface area contributed by atoms with Crippen molar-refractivity contribution in [2.75, 3.05) is 0 Å². The van der Waals surface area contributed by atoms with Gasteiger partial charge in [-0.1, -0.05) is 0 Å². The predicted molar refractivity (Wildman–Crippen MR) is 67.0 cm³/mol. The van der Waals surface area contributed by atoms with E-state index >= 15 is 0 Å². The molecule has 0 nitrogen and oxygen atoms in total. The maximum atomic E-state index is 5.97. The van der Waals surface area contributed by atoms with Crippen LogP contribution in [-0.2, 0) is 0 Å². The minimum atomic E-state index is -1.36. The van der Waals surface area contributed by atoms with Gasteiger partial charge in [0.1, 0.15) is 0 Å². The third kappa shape index (κ3) is 3.00. The maximum absolute atomic E-state index is 5.97. The summed E-state index contributed by atoms with van der Waals surface area (Å²) in [6.07, 6.45) is 15.1. The molecule has 2 rings (SSSR count). The summed E-state index contributed by atoms with van der Waals surface area (Å²) in [5.74, 6) is 0. The fourth-order valence-corrected chi connectivity index (χ4v) is 13.8. The Morgan fingerprint density at radius 3 is 1.36 bits per heavy atom. The molecule has 2 heteroatoms. The molecule has 80 valence electrons. The van der Waals surface area contributed by atoms with Crippen LogP contribution in [0.5, 0.6) is 0 Å². The van der Waals surface area contributed by atoms with E-state index in [9.17, 15) is 0 Å². The second-order valence-electron chi connectivity index (χ2n) is 5.07. The Morgan fingerprint density at radius 2 is 1.00 bits per heavy atom. The van der Waals surface area contributed by atoms with Crippen LogP contribution in [-0.4, -0.2) is 17.8 Å². The van der Waals surface area contributed by atoms with Gasteiger partial charge < -0.3 is 0 Å². The van der Waals surface area contributed by atoms with Crippen LogP contribution in [0.4, 0.5) is 0 Å². The Labute approximate surface area is 98.7 Å². The molecular formula is C12H22SSn. The molecular weight excluding hydrogens is 295 g/mol. The molecule has 0 aliphatic heterocycles. The average molecular weight is 317 g/mol. The van der Waals surface area contributed by atoms with Gasteiger partial charge in [-0.2, -0.15) is 0 Å². The molecule has 0 aromatic heterocycles. The molecule has 0 unspecified atom stereocenters. The third-order valence-electron chi connectivity index (χ3n) is 4.02. The molecule has 2 saturated carbocycles. The first-order valence-electron chi connectivity index (χ1n) is 6.41. The van der Waals surface area contributed by atoms with Crippen LogP contribution in [0.2, 0.25) is 7.87 Å². The zero-order valence-electron chi connectivity index (χ0n) is 9.13. The Balaban J connectivity index is 1.85. The van der Waals surface area contributed by atoms with Crippen LogP contribution in [0.25, 0.3) is 0 Å². The van der Waals surface area contributed by atoms with Crippen molar-refractivity contribution >= 4 is 27.1 Å². The fourth-order valence-electron chi connectivity index (χ4n) is 3.11. The Hall–Kier alpha value is 1.02. The van der Waals surface area contributed by atoms with Crippen molar-refractivity contribution in [2.45, 2.75) is 72.1 Å². The molecule has 0 saturated heterocycles. The van der Waals surface area contributed by atoms with E-state index in [0.717, 1.165) is 7.87 Å². The zero-order chi connectivity index (χ0) is 9.80. The van der Waals surface area contributed by atoms with Gasteiger partial charge in [0.25, 0.3) is 0 Å². The van der Waals surface area contributed by atoms with Crippen LogP contribution in [0, 0.1) is 0 Å². The van der Waals surface area contributed by atoms with Crippen molar-refractivity contribution in [3.8, 4) is 0 Å². The molecule has 14 heavy (non-hydrogen) atoms. The fraction of sp³-hybridized carbons (Fsp3) is 1.00. The SMILES string of the molecule is [S]=[Sn]([CH]1CCCCC1)[CH]1CCCCC1. The van der Waals surface area contributed by atoms with Crippen molar-refractivity contribution in [3.63, 3.8) is 0 Å². The summed E-state index contributed by atoms with van der Waals surface area (Å²) in [5.41, 5.74) is 0. The first-order chi connectivity index (χ1) is 6.88. The number of rotatable bonds is 2. The molecule has 0 heterocycles. The molecule has 2 aliphatic rings. The molecule has 2 aliphatic carbocycles. The normalized spacial score (nSPS) is 26.3. The van der Waals surface area contributed by atoms with Gasteiger partial charge in [-0.05, 0) is 0 Å². The summed E-state index contributed by atoms with van der Waals surface area (Å²) >= 11 is -1.36. The van der Waals surface area contributed by atoms with Gasteiger partial charge in [0, 0.05) is 0 Å². The molecule has 0 aromatic rings. The van der Waals surface area contributed by atoms with Gasteiger partial charge in [-0.15, -0.1) is 0 Å². The second kappa shape index (κ2) is 5.93. The summed E-state index contributed by atoms with van der Waals surface area (Å²) in [4.78, 5) is 0. The van der Waals surface area contributed by atoms with E-state index in [2.05, 4.69) is 0 Å². The van der Waals surface area contributed by atoms with Gasteiger partial charge in [0.15, 0.2) is 0 Å². The predicted octanol–water partition coefficient (Wildman–Crippen LogP) is 4.84. The summed E-state index contributed by atoms with van der Waals surface area (Å²) in [6.45, 7) is 0. The molecule has 0 spiro atoms. The van der Waals surface area contributed by atoms with Crippen molar-refractivity contribution < 1.29 is 0 Å². The molecule has 0 N–H and O–H groups in total. The van der Waals surface area contributed by atoms with Gasteiger partial charge in [-0.25, -0.2) is 0 Å². The van der Waals surface area contributed by atoms with Crippen molar-refractivity contribution in [2.24, 2.45) is 0 Å². The molecule has 0 atom stereocenters. The van der Waals surface area contributed by atoms with E-state index < -0.39 is 17.8 Å². The first kappa shape index (κ1) is 11.5. The molecule has 0 aromatic carbocycles. The van der Waals surface area contributed by atoms with Crippen LogP contribution < -0.4 is 0 Å². The third-order valence-corrected chi connectivity index (χ3v) is 16.4. The summed E-state index contributed by atoms with van der Waals surface area (Å²) in [5, 5.41) is 0. The van der Waals surface area contributed by atoms with Crippen LogP contribution in [0.3, 0.4) is 0 Å². The number of hydrogen-bond donors (Lipinski definition) is 0. The van der Waals surface area contributed by atoms with Gasteiger partial charge in [0.2, 0.25) is 0 Å². The van der Waals surface area contributed by atoms with E-state index in [-0.39, 0.29) is 0 Å². The zero-order valence-corrected chi connectivity index (χ0v) is 12.8. The van der Waals surface area contributed by atoms with Gasteiger partial charge >= 0.3 is 99.2 Å². The Bertz CT molecular complexity index is 170. The monoisotopic (exact) mass is 318 g/mol. The van der Waals surface area contributed by atoms with E-state index in [1.165, 1.54) is 64.2 Å². The second-order valence-corrected chi connectivity index (χ2v) is 15.2. The Kier molecular flexibility index (Phi) is 4.87. The minimum absolute atomic E-state index is 1.10. The van der Waals surface area contributed by atoms with Crippen molar-refractivity contribution in [1.82, 2.24) is 0 Å². The van der Waals surface area contributed by atoms with Crippen LogP contribution in [0.15, 0.2) is 0 Å².